The first-order valence-electron chi connectivity index (χ1n) is 6.17. The molecule has 1 aliphatic rings. The normalized spacial score (nSPS) is 20.1. The van der Waals surface area contributed by atoms with Crippen LogP contribution in [0.1, 0.15) is 33.6 Å². The second-order valence-corrected chi connectivity index (χ2v) is 5.40. The lowest BCUT2D eigenvalue weighted by Gasteiger charge is -2.38. The number of likely N-dealkylation sites (N-methyl/N-ethyl adjacent to an activating group) is 1. The Labute approximate surface area is 103 Å². The fourth-order valence-corrected chi connectivity index (χ4v) is 2.06. The number of amides is 1. The van der Waals surface area contributed by atoms with Gasteiger partial charge in [-0.15, -0.1) is 0 Å². The number of hydrogen-bond donors (Lipinski definition) is 2. The van der Waals surface area contributed by atoms with Gasteiger partial charge in [0.1, 0.15) is 0 Å². The zero-order valence-corrected chi connectivity index (χ0v) is 11.0. The van der Waals surface area contributed by atoms with E-state index in [-0.39, 0.29) is 5.91 Å². The lowest BCUT2D eigenvalue weighted by Crippen LogP contribution is -2.59. The Kier molecular flexibility index (Phi) is 4.52. The molecule has 0 bridgehead atoms. The highest BCUT2D eigenvalue weighted by molar-refractivity contribution is 5.86. The molecule has 17 heavy (non-hydrogen) atoms. The standard InChI is InChI=1S/C12H24N2O3/c1-4-14(9-11(2,3)16)10(15)12(13)5-7-17-8-6-12/h16H,4-9,13H2,1-3H3. The van der Waals surface area contributed by atoms with Gasteiger partial charge < -0.3 is 20.5 Å². The largest absolute Gasteiger partial charge is 0.389 e. The van der Waals surface area contributed by atoms with Crippen molar-refractivity contribution in [1.29, 1.82) is 0 Å². The van der Waals surface area contributed by atoms with Crippen LogP contribution in [0.25, 0.3) is 0 Å². The molecule has 1 aliphatic heterocycles. The van der Waals surface area contributed by atoms with Crippen molar-refractivity contribution >= 4 is 5.91 Å². The number of nitrogens with two attached hydrogens (primary N) is 1. The highest BCUT2D eigenvalue weighted by Crippen LogP contribution is 2.21. The number of carbonyl (C=O) groups is 1. The fraction of sp³-hybridized carbons (Fsp3) is 0.917. The van der Waals surface area contributed by atoms with Gasteiger partial charge in [-0.25, -0.2) is 0 Å². The van der Waals surface area contributed by atoms with E-state index in [1.807, 2.05) is 6.92 Å². The Hall–Kier alpha value is -0.650. The van der Waals surface area contributed by atoms with E-state index in [9.17, 15) is 9.90 Å². The molecule has 1 fully saturated rings. The monoisotopic (exact) mass is 244 g/mol. The summed E-state index contributed by atoms with van der Waals surface area (Å²) in [5.41, 5.74) is 4.43. The molecule has 1 rings (SSSR count). The maximum Gasteiger partial charge on any atom is 0.242 e. The van der Waals surface area contributed by atoms with Crippen LogP contribution >= 0.6 is 0 Å². The second kappa shape index (κ2) is 5.33. The number of hydrogen-bond acceptors (Lipinski definition) is 4. The van der Waals surface area contributed by atoms with Gasteiger partial charge in [0.2, 0.25) is 5.91 Å². The average Bonchev–Trinajstić information content (AvgIpc) is 2.25. The third-order valence-corrected chi connectivity index (χ3v) is 3.06. The lowest BCUT2D eigenvalue weighted by molar-refractivity contribution is -0.143. The first-order chi connectivity index (χ1) is 7.78. The maximum atomic E-state index is 12.4. The minimum atomic E-state index is -0.896. The predicted octanol–water partition coefficient (Wildman–Crippen LogP) is 0.114. The summed E-state index contributed by atoms with van der Waals surface area (Å²) in [6.45, 7) is 7.20. The number of rotatable bonds is 4. The van der Waals surface area contributed by atoms with Gasteiger partial charge in [-0.1, -0.05) is 0 Å². The van der Waals surface area contributed by atoms with Crippen LogP contribution in [0.2, 0.25) is 0 Å². The number of aliphatic hydroxyl groups is 1. The maximum absolute atomic E-state index is 12.4. The molecule has 3 N–H and O–H groups in total. The summed E-state index contributed by atoms with van der Waals surface area (Å²) in [5, 5.41) is 9.79. The molecule has 0 saturated carbocycles. The molecule has 0 aromatic heterocycles. The molecule has 0 aliphatic carbocycles. The quantitative estimate of drug-likeness (QED) is 0.736. The van der Waals surface area contributed by atoms with E-state index >= 15 is 0 Å². The molecule has 0 spiro atoms. The van der Waals surface area contributed by atoms with Gasteiger partial charge in [-0.05, 0) is 33.6 Å². The lowest BCUT2D eigenvalue weighted by atomic mass is 9.89. The highest BCUT2D eigenvalue weighted by atomic mass is 16.5. The minimum Gasteiger partial charge on any atom is -0.389 e. The van der Waals surface area contributed by atoms with Crippen LogP contribution in [-0.4, -0.2) is 53.4 Å². The van der Waals surface area contributed by atoms with Crippen molar-refractivity contribution in [2.24, 2.45) is 5.73 Å². The van der Waals surface area contributed by atoms with Crippen molar-refractivity contribution in [1.82, 2.24) is 4.90 Å². The van der Waals surface area contributed by atoms with E-state index in [1.54, 1.807) is 18.7 Å². The predicted molar refractivity (Wildman–Crippen MR) is 65.5 cm³/mol. The van der Waals surface area contributed by atoms with Crippen LogP contribution in [0.5, 0.6) is 0 Å². The van der Waals surface area contributed by atoms with Crippen LogP contribution in [0.15, 0.2) is 0 Å². The van der Waals surface area contributed by atoms with Crippen molar-refractivity contribution in [3.63, 3.8) is 0 Å². The van der Waals surface area contributed by atoms with E-state index in [1.165, 1.54) is 0 Å². The van der Waals surface area contributed by atoms with Gasteiger partial charge in [0.15, 0.2) is 0 Å². The van der Waals surface area contributed by atoms with Gasteiger partial charge in [0.05, 0.1) is 11.1 Å². The molecule has 1 saturated heterocycles. The van der Waals surface area contributed by atoms with Crippen molar-refractivity contribution in [3.8, 4) is 0 Å². The Morgan fingerprint density at radius 3 is 2.41 bits per heavy atom. The summed E-state index contributed by atoms with van der Waals surface area (Å²) < 4.78 is 5.23. The van der Waals surface area contributed by atoms with E-state index in [4.69, 9.17) is 10.5 Å². The van der Waals surface area contributed by atoms with Crippen molar-refractivity contribution in [2.45, 2.75) is 44.8 Å². The van der Waals surface area contributed by atoms with Gasteiger partial charge in [0.25, 0.3) is 0 Å². The van der Waals surface area contributed by atoms with Gasteiger partial charge in [-0.3, -0.25) is 4.79 Å². The Balaban J connectivity index is 2.71. The molecule has 0 unspecified atom stereocenters. The smallest absolute Gasteiger partial charge is 0.242 e. The van der Waals surface area contributed by atoms with Gasteiger partial charge in [-0.2, -0.15) is 0 Å². The number of nitrogens with zero attached hydrogens (tertiary/aromatic N) is 1. The van der Waals surface area contributed by atoms with E-state index in [0.717, 1.165) is 0 Å². The van der Waals surface area contributed by atoms with Crippen LogP contribution in [0.4, 0.5) is 0 Å². The van der Waals surface area contributed by atoms with E-state index in [0.29, 0.717) is 39.1 Å². The molecular weight excluding hydrogens is 220 g/mol. The van der Waals surface area contributed by atoms with Gasteiger partial charge in [0, 0.05) is 26.3 Å². The second-order valence-electron chi connectivity index (χ2n) is 5.40. The highest BCUT2D eigenvalue weighted by Gasteiger charge is 2.39. The molecular formula is C12H24N2O3. The number of carbonyl (C=O) groups excluding carboxylic acids is 1. The van der Waals surface area contributed by atoms with Crippen LogP contribution in [0.3, 0.4) is 0 Å². The van der Waals surface area contributed by atoms with Crippen molar-refractivity contribution in [2.75, 3.05) is 26.3 Å². The molecule has 0 aromatic carbocycles. The molecule has 0 atom stereocenters. The Bertz CT molecular complexity index is 267. The molecule has 0 radical (unpaired) electrons. The number of ether oxygens (including phenoxy) is 1. The first-order valence-corrected chi connectivity index (χ1v) is 6.17. The SMILES string of the molecule is CCN(CC(C)(C)O)C(=O)C1(N)CCOCC1. The van der Waals surface area contributed by atoms with Crippen molar-refractivity contribution in [3.05, 3.63) is 0 Å². The first kappa shape index (κ1) is 14.4. The summed E-state index contributed by atoms with van der Waals surface area (Å²) in [6.07, 6.45) is 1.10. The Morgan fingerprint density at radius 1 is 1.47 bits per heavy atom. The third kappa shape index (κ3) is 3.94. The average molecular weight is 244 g/mol. The molecule has 5 heteroatoms. The summed E-state index contributed by atoms with van der Waals surface area (Å²) >= 11 is 0. The van der Waals surface area contributed by atoms with Crippen LogP contribution in [-0.2, 0) is 9.53 Å². The van der Waals surface area contributed by atoms with Crippen LogP contribution < -0.4 is 5.73 Å². The topological polar surface area (TPSA) is 75.8 Å². The molecule has 1 amide bonds. The zero-order valence-electron chi connectivity index (χ0n) is 11.0. The third-order valence-electron chi connectivity index (χ3n) is 3.06. The van der Waals surface area contributed by atoms with Crippen LogP contribution in [0, 0.1) is 0 Å². The van der Waals surface area contributed by atoms with Crippen molar-refractivity contribution < 1.29 is 14.6 Å². The summed E-state index contributed by atoms with van der Waals surface area (Å²) in [7, 11) is 0. The summed E-state index contributed by atoms with van der Waals surface area (Å²) in [5.74, 6) is -0.0783. The fourth-order valence-electron chi connectivity index (χ4n) is 2.06. The molecule has 0 aromatic rings. The minimum absolute atomic E-state index is 0.0783. The summed E-state index contributed by atoms with van der Waals surface area (Å²) in [6, 6.07) is 0. The molecule has 1 heterocycles. The summed E-state index contributed by atoms with van der Waals surface area (Å²) in [4.78, 5) is 14.0. The van der Waals surface area contributed by atoms with E-state index in [2.05, 4.69) is 0 Å². The Morgan fingerprint density at radius 2 is 2.00 bits per heavy atom. The van der Waals surface area contributed by atoms with Gasteiger partial charge >= 0.3 is 0 Å². The zero-order chi connectivity index (χ0) is 13.1. The molecule has 100 valence electrons. The molecule has 5 nitrogen and oxygen atoms in total. The van der Waals surface area contributed by atoms with E-state index < -0.39 is 11.1 Å².